The zero-order valence-electron chi connectivity index (χ0n) is 10.0. The standard InChI is InChI=1S/C12H16N2O3/c1-8-3-4-9(17-8)7-14-10(12(16)13-2)5-6-11(14)15/h3-4,10H,5-7H2,1-2H3,(H,13,16). The normalized spacial score (nSPS) is 19.8. The molecule has 0 aromatic carbocycles. The highest BCUT2D eigenvalue weighted by Gasteiger charge is 2.35. The highest BCUT2D eigenvalue weighted by Crippen LogP contribution is 2.22. The van der Waals surface area contributed by atoms with Crippen molar-refractivity contribution in [1.82, 2.24) is 10.2 Å². The maximum Gasteiger partial charge on any atom is 0.242 e. The van der Waals surface area contributed by atoms with Gasteiger partial charge in [-0.25, -0.2) is 0 Å². The lowest BCUT2D eigenvalue weighted by Gasteiger charge is -2.22. The highest BCUT2D eigenvalue weighted by molar-refractivity contribution is 5.90. The van der Waals surface area contributed by atoms with E-state index in [1.54, 1.807) is 11.9 Å². The SMILES string of the molecule is CNC(=O)C1CCC(=O)N1Cc1ccc(C)o1. The lowest BCUT2D eigenvalue weighted by molar-refractivity contribution is -0.135. The molecule has 2 rings (SSSR count). The molecule has 0 radical (unpaired) electrons. The quantitative estimate of drug-likeness (QED) is 0.845. The van der Waals surface area contributed by atoms with Crippen molar-refractivity contribution in [3.63, 3.8) is 0 Å². The van der Waals surface area contributed by atoms with Crippen LogP contribution < -0.4 is 5.32 Å². The van der Waals surface area contributed by atoms with E-state index >= 15 is 0 Å². The Morgan fingerprint density at radius 1 is 1.59 bits per heavy atom. The van der Waals surface area contributed by atoms with Crippen molar-refractivity contribution in [2.24, 2.45) is 0 Å². The van der Waals surface area contributed by atoms with E-state index in [0.29, 0.717) is 25.1 Å². The molecule has 0 saturated carbocycles. The van der Waals surface area contributed by atoms with Crippen LogP contribution >= 0.6 is 0 Å². The first-order chi connectivity index (χ1) is 8.11. The molecule has 0 spiro atoms. The van der Waals surface area contributed by atoms with E-state index in [-0.39, 0.29) is 17.9 Å². The summed E-state index contributed by atoms with van der Waals surface area (Å²) in [4.78, 5) is 24.9. The lowest BCUT2D eigenvalue weighted by atomic mass is 10.2. The molecule has 0 bridgehead atoms. The van der Waals surface area contributed by atoms with Crippen LogP contribution in [0.4, 0.5) is 0 Å². The molecule has 92 valence electrons. The summed E-state index contributed by atoms with van der Waals surface area (Å²) in [6.07, 6.45) is 1.01. The third kappa shape index (κ3) is 2.33. The molecule has 5 heteroatoms. The van der Waals surface area contributed by atoms with Gasteiger partial charge < -0.3 is 14.6 Å². The molecule has 1 N–H and O–H groups in total. The van der Waals surface area contributed by atoms with Gasteiger partial charge in [-0.2, -0.15) is 0 Å². The van der Waals surface area contributed by atoms with E-state index < -0.39 is 0 Å². The number of amides is 2. The number of furan rings is 1. The Kier molecular flexibility index (Phi) is 3.17. The Bertz CT molecular complexity index is 439. The average molecular weight is 236 g/mol. The summed E-state index contributed by atoms with van der Waals surface area (Å²) >= 11 is 0. The van der Waals surface area contributed by atoms with Crippen LogP contribution in [0.1, 0.15) is 24.4 Å². The molecule has 1 aliphatic rings. The van der Waals surface area contributed by atoms with E-state index in [1.807, 2.05) is 19.1 Å². The topological polar surface area (TPSA) is 62.6 Å². The summed E-state index contributed by atoms with van der Waals surface area (Å²) in [7, 11) is 1.58. The van der Waals surface area contributed by atoms with E-state index in [1.165, 1.54) is 0 Å². The van der Waals surface area contributed by atoms with Gasteiger partial charge >= 0.3 is 0 Å². The minimum absolute atomic E-state index is 0.00709. The molecule has 1 aromatic heterocycles. The second-order valence-corrected chi connectivity index (χ2v) is 4.20. The Labute approximate surface area is 99.8 Å². The predicted octanol–water partition coefficient (Wildman–Crippen LogP) is 0.825. The molecule has 1 atom stereocenters. The summed E-state index contributed by atoms with van der Waals surface area (Å²) < 4.78 is 5.43. The van der Waals surface area contributed by atoms with Crippen molar-refractivity contribution < 1.29 is 14.0 Å². The van der Waals surface area contributed by atoms with Crippen LogP contribution in [0, 0.1) is 6.92 Å². The van der Waals surface area contributed by atoms with Crippen LogP contribution in [-0.2, 0) is 16.1 Å². The molecule has 1 aliphatic heterocycles. The van der Waals surface area contributed by atoms with Crippen LogP contribution in [-0.4, -0.2) is 29.8 Å². The van der Waals surface area contributed by atoms with Gasteiger partial charge in [0.2, 0.25) is 11.8 Å². The summed E-state index contributed by atoms with van der Waals surface area (Å²) in [6.45, 7) is 2.22. The summed E-state index contributed by atoms with van der Waals surface area (Å²) in [5.74, 6) is 1.42. The van der Waals surface area contributed by atoms with E-state index in [0.717, 1.165) is 5.76 Å². The van der Waals surface area contributed by atoms with E-state index in [4.69, 9.17) is 4.42 Å². The molecular weight excluding hydrogens is 220 g/mol. The molecule has 1 aromatic rings. The number of rotatable bonds is 3. The van der Waals surface area contributed by atoms with Crippen LogP contribution in [0.3, 0.4) is 0 Å². The van der Waals surface area contributed by atoms with E-state index in [2.05, 4.69) is 5.32 Å². The molecular formula is C12H16N2O3. The number of hydrogen-bond acceptors (Lipinski definition) is 3. The van der Waals surface area contributed by atoms with Crippen LogP contribution in [0.5, 0.6) is 0 Å². The summed E-state index contributed by atoms with van der Waals surface area (Å²) in [6, 6.07) is 3.32. The highest BCUT2D eigenvalue weighted by atomic mass is 16.3. The number of nitrogens with zero attached hydrogens (tertiary/aromatic N) is 1. The smallest absolute Gasteiger partial charge is 0.242 e. The van der Waals surface area contributed by atoms with Gasteiger partial charge in [0.05, 0.1) is 6.54 Å². The molecule has 17 heavy (non-hydrogen) atoms. The fourth-order valence-corrected chi connectivity index (χ4v) is 2.11. The molecule has 1 fully saturated rings. The predicted molar refractivity (Wildman–Crippen MR) is 61.1 cm³/mol. The Hall–Kier alpha value is -1.78. The second-order valence-electron chi connectivity index (χ2n) is 4.20. The molecule has 2 heterocycles. The summed E-state index contributed by atoms with van der Waals surface area (Å²) in [5.41, 5.74) is 0. The van der Waals surface area contributed by atoms with Gasteiger partial charge in [-0.05, 0) is 25.5 Å². The third-order valence-corrected chi connectivity index (χ3v) is 3.00. The van der Waals surface area contributed by atoms with Crippen molar-refractivity contribution in [3.05, 3.63) is 23.7 Å². The number of likely N-dealkylation sites (N-methyl/N-ethyl adjacent to an activating group) is 1. The first kappa shape index (κ1) is 11.7. The van der Waals surface area contributed by atoms with Crippen molar-refractivity contribution in [2.75, 3.05) is 7.05 Å². The van der Waals surface area contributed by atoms with E-state index in [9.17, 15) is 9.59 Å². The Morgan fingerprint density at radius 3 is 2.94 bits per heavy atom. The summed E-state index contributed by atoms with van der Waals surface area (Å²) in [5, 5.41) is 2.58. The van der Waals surface area contributed by atoms with Crippen molar-refractivity contribution in [2.45, 2.75) is 32.4 Å². The van der Waals surface area contributed by atoms with Gasteiger partial charge in [-0.15, -0.1) is 0 Å². The largest absolute Gasteiger partial charge is 0.464 e. The van der Waals surface area contributed by atoms with Crippen LogP contribution in [0.15, 0.2) is 16.5 Å². The number of nitrogens with one attached hydrogen (secondary N) is 1. The van der Waals surface area contributed by atoms with Crippen LogP contribution in [0.25, 0.3) is 0 Å². The van der Waals surface area contributed by atoms with Crippen molar-refractivity contribution >= 4 is 11.8 Å². The van der Waals surface area contributed by atoms with Gasteiger partial charge in [0.15, 0.2) is 0 Å². The minimum atomic E-state index is -0.363. The van der Waals surface area contributed by atoms with Gasteiger partial charge in [0.1, 0.15) is 17.6 Å². The third-order valence-electron chi connectivity index (χ3n) is 3.00. The number of aryl methyl sites for hydroxylation is 1. The number of likely N-dealkylation sites (tertiary alicyclic amines) is 1. The Morgan fingerprint density at radius 2 is 2.35 bits per heavy atom. The average Bonchev–Trinajstić information content (AvgIpc) is 2.87. The maximum atomic E-state index is 11.7. The first-order valence-corrected chi connectivity index (χ1v) is 5.68. The molecule has 1 saturated heterocycles. The monoisotopic (exact) mass is 236 g/mol. The van der Waals surface area contributed by atoms with Gasteiger partial charge in [-0.1, -0.05) is 0 Å². The Balaban J connectivity index is 2.11. The van der Waals surface area contributed by atoms with Gasteiger partial charge in [0, 0.05) is 13.5 Å². The van der Waals surface area contributed by atoms with Gasteiger partial charge in [0.25, 0.3) is 0 Å². The first-order valence-electron chi connectivity index (χ1n) is 5.68. The van der Waals surface area contributed by atoms with Crippen molar-refractivity contribution in [3.8, 4) is 0 Å². The number of hydrogen-bond donors (Lipinski definition) is 1. The lowest BCUT2D eigenvalue weighted by Crippen LogP contribution is -2.43. The minimum Gasteiger partial charge on any atom is -0.464 e. The van der Waals surface area contributed by atoms with Crippen LogP contribution in [0.2, 0.25) is 0 Å². The maximum absolute atomic E-state index is 11.7. The fraction of sp³-hybridized carbons (Fsp3) is 0.500. The van der Waals surface area contributed by atoms with Crippen molar-refractivity contribution in [1.29, 1.82) is 0 Å². The zero-order chi connectivity index (χ0) is 12.4. The zero-order valence-corrected chi connectivity index (χ0v) is 10.0. The van der Waals surface area contributed by atoms with Gasteiger partial charge in [-0.3, -0.25) is 9.59 Å². The molecule has 5 nitrogen and oxygen atoms in total. The molecule has 0 aliphatic carbocycles. The second kappa shape index (κ2) is 4.61. The molecule has 2 amide bonds. The number of carbonyl (C=O) groups excluding carboxylic acids is 2. The number of carbonyl (C=O) groups is 2. The fourth-order valence-electron chi connectivity index (χ4n) is 2.11. The molecule has 1 unspecified atom stereocenters.